The summed E-state index contributed by atoms with van der Waals surface area (Å²) in [7, 11) is 0. The zero-order chi connectivity index (χ0) is 22.2. The third-order valence-electron chi connectivity index (χ3n) is 6.27. The molecular weight excluding hydrogens is 398 g/mol. The highest BCUT2D eigenvalue weighted by atomic mass is 16.4. The van der Waals surface area contributed by atoms with Gasteiger partial charge in [0.1, 0.15) is 11.3 Å². The maximum absolute atomic E-state index is 13.0. The largest absolute Gasteiger partial charge is 0.508 e. The number of carbonyl (C=O) groups is 2. The maximum atomic E-state index is 13.0. The predicted octanol–water partition coefficient (Wildman–Crippen LogP) is 2.99. The van der Waals surface area contributed by atoms with Crippen molar-refractivity contribution in [2.45, 2.75) is 31.6 Å². The van der Waals surface area contributed by atoms with Crippen molar-refractivity contribution >= 4 is 22.8 Å². The Morgan fingerprint density at radius 2 is 1.77 bits per heavy atom. The first-order chi connectivity index (χ1) is 14.8. The molecule has 0 unspecified atom stereocenters. The molecule has 0 bridgehead atoms. The van der Waals surface area contributed by atoms with Crippen LogP contribution < -0.4 is 5.63 Å². The molecule has 0 spiro atoms. The molecule has 7 heteroatoms. The van der Waals surface area contributed by atoms with Crippen LogP contribution in [0.15, 0.2) is 57.7 Å². The third kappa shape index (κ3) is 3.67. The second kappa shape index (κ2) is 7.91. The van der Waals surface area contributed by atoms with Crippen molar-refractivity contribution in [3.63, 3.8) is 0 Å². The number of aryl methyl sites for hydroxylation is 1. The van der Waals surface area contributed by atoms with Gasteiger partial charge in [0.15, 0.2) is 0 Å². The molecule has 1 fully saturated rings. The number of carboxylic acids is 1. The van der Waals surface area contributed by atoms with Gasteiger partial charge < -0.3 is 19.5 Å². The van der Waals surface area contributed by atoms with Crippen molar-refractivity contribution in [3.8, 4) is 5.75 Å². The summed E-state index contributed by atoms with van der Waals surface area (Å²) in [5.41, 5.74) is 0.386. The lowest BCUT2D eigenvalue weighted by molar-refractivity contribution is -0.148. The molecule has 1 aliphatic heterocycles. The third-order valence-corrected chi connectivity index (χ3v) is 6.27. The summed E-state index contributed by atoms with van der Waals surface area (Å²) in [6.07, 6.45) is 0.642. The molecule has 0 aliphatic carbocycles. The number of benzene rings is 2. The minimum atomic E-state index is -1.01. The standard InChI is InChI=1S/C24H23NO6/c1-15-19(26)8-7-18-16(14-21(28)31-22(15)18)13-20(27)25-11-9-24(10-12-25,23(29)30)17-5-3-2-4-6-17/h2-8,14,26H,9-13H2,1H3,(H,29,30). The number of nitrogens with zero attached hydrogens (tertiary/aromatic N) is 1. The monoisotopic (exact) mass is 421 g/mol. The second-order valence-corrected chi connectivity index (χ2v) is 7.99. The van der Waals surface area contributed by atoms with E-state index in [0.717, 1.165) is 5.56 Å². The van der Waals surface area contributed by atoms with E-state index in [9.17, 15) is 24.6 Å². The summed E-state index contributed by atoms with van der Waals surface area (Å²) in [5.74, 6) is -1.04. The van der Waals surface area contributed by atoms with Crippen LogP contribution in [0.2, 0.25) is 0 Å². The number of carbonyl (C=O) groups excluding carboxylic acids is 1. The molecule has 7 nitrogen and oxygen atoms in total. The summed E-state index contributed by atoms with van der Waals surface area (Å²) >= 11 is 0. The number of fused-ring (bicyclic) bond motifs is 1. The van der Waals surface area contributed by atoms with Crippen LogP contribution in [0.3, 0.4) is 0 Å². The summed E-state index contributed by atoms with van der Waals surface area (Å²) in [6.45, 7) is 2.28. The average Bonchev–Trinajstić information content (AvgIpc) is 2.77. The molecule has 1 amide bonds. The number of likely N-dealkylation sites (tertiary alicyclic amines) is 1. The molecule has 2 N–H and O–H groups in total. The van der Waals surface area contributed by atoms with Gasteiger partial charge >= 0.3 is 11.6 Å². The molecule has 1 saturated heterocycles. The lowest BCUT2D eigenvalue weighted by Crippen LogP contribution is -2.49. The van der Waals surface area contributed by atoms with Gasteiger partial charge in [-0.3, -0.25) is 9.59 Å². The van der Waals surface area contributed by atoms with Gasteiger partial charge in [-0.2, -0.15) is 0 Å². The molecule has 1 aliphatic rings. The molecule has 2 heterocycles. The number of phenols is 1. The Bertz CT molecular complexity index is 1210. The Morgan fingerprint density at radius 3 is 2.42 bits per heavy atom. The topological polar surface area (TPSA) is 108 Å². The minimum absolute atomic E-state index is 0.00226. The number of hydrogen-bond acceptors (Lipinski definition) is 5. The van der Waals surface area contributed by atoms with Crippen molar-refractivity contribution in [3.05, 3.63) is 75.6 Å². The second-order valence-electron chi connectivity index (χ2n) is 7.99. The normalized spacial score (nSPS) is 15.7. The zero-order valence-electron chi connectivity index (χ0n) is 17.1. The van der Waals surface area contributed by atoms with E-state index in [4.69, 9.17) is 4.42 Å². The van der Waals surface area contributed by atoms with E-state index >= 15 is 0 Å². The highest BCUT2D eigenvalue weighted by Crippen LogP contribution is 2.36. The van der Waals surface area contributed by atoms with Crippen LogP contribution >= 0.6 is 0 Å². The zero-order valence-corrected chi connectivity index (χ0v) is 17.1. The van der Waals surface area contributed by atoms with E-state index in [2.05, 4.69) is 0 Å². The quantitative estimate of drug-likeness (QED) is 0.627. The average molecular weight is 421 g/mol. The number of phenolic OH excluding ortho intramolecular Hbond substituents is 1. The lowest BCUT2D eigenvalue weighted by Gasteiger charge is -2.39. The molecule has 0 atom stereocenters. The van der Waals surface area contributed by atoms with Gasteiger partial charge in [-0.15, -0.1) is 0 Å². The van der Waals surface area contributed by atoms with Crippen LogP contribution in [0.4, 0.5) is 0 Å². The van der Waals surface area contributed by atoms with Crippen molar-refractivity contribution in [2.24, 2.45) is 0 Å². The maximum Gasteiger partial charge on any atom is 0.336 e. The first-order valence-corrected chi connectivity index (χ1v) is 10.1. The predicted molar refractivity (Wildman–Crippen MR) is 114 cm³/mol. The Balaban J connectivity index is 1.56. The molecular formula is C24H23NO6. The van der Waals surface area contributed by atoms with Crippen LogP contribution in [0.25, 0.3) is 11.0 Å². The Hall–Kier alpha value is -3.61. The van der Waals surface area contributed by atoms with Crippen LogP contribution in [0.5, 0.6) is 5.75 Å². The number of aliphatic carboxylic acids is 1. The number of aromatic hydroxyl groups is 1. The van der Waals surface area contributed by atoms with Crippen LogP contribution in [0.1, 0.15) is 29.5 Å². The molecule has 0 radical (unpaired) electrons. The van der Waals surface area contributed by atoms with Gasteiger partial charge in [0, 0.05) is 30.1 Å². The smallest absolute Gasteiger partial charge is 0.336 e. The molecule has 1 aromatic heterocycles. The van der Waals surface area contributed by atoms with Gasteiger partial charge in [0.05, 0.1) is 11.8 Å². The van der Waals surface area contributed by atoms with Crippen LogP contribution in [-0.4, -0.2) is 40.1 Å². The fraction of sp³-hybridized carbons (Fsp3) is 0.292. The van der Waals surface area contributed by atoms with Crippen LogP contribution in [-0.2, 0) is 21.4 Å². The molecule has 0 saturated carbocycles. The van der Waals surface area contributed by atoms with Gasteiger partial charge in [-0.1, -0.05) is 30.3 Å². The fourth-order valence-corrected chi connectivity index (χ4v) is 4.36. The van der Waals surface area contributed by atoms with E-state index < -0.39 is 17.0 Å². The van der Waals surface area contributed by atoms with Gasteiger partial charge in [0.25, 0.3) is 0 Å². The van der Waals surface area contributed by atoms with Gasteiger partial charge in [0.2, 0.25) is 5.91 Å². The van der Waals surface area contributed by atoms with Crippen molar-refractivity contribution in [2.75, 3.05) is 13.1 Å². The summed E-state index contributed by atoms with van der Waals surface area (Å²) in [4.78, 5) is 38.8. The van der Waals surface area contributed by atoms with Crippen LogP contribution in [0, 0.1) is 6.92 Å². The van der Waals surface area contributed by atoms with Crippen molar-refractivity contribution in [1.29, 1.82) is 0 Å². The van der Waals surface area contributed by atoms with E-state index in [1.54, 1.807) is 17.9 Å². The number of amides is 1. The molecule has 31 heavy (non-hydrogen) atoms. The highest BCUT2D eigenvalue weighted by molar-refractivity contribution is 5.90. The Kier molecular flexibility index (Phi) is 5.27. The molecule has 2 aromatic carbocycles. The Labute approximate surface area is 178 Å². The Morgan fingerprint density at radius 1 is 1.10 bits per heavy atom. The fourth-order valence-electron chi connectivity index (χ4n) is 4.36. The van der Waals surface area contributed by atoms with E-state index in [1.165, 1.54) is 12.1 Å². The first-order valence-electron chi connectivity index (χ1n) is 10.1. The molecule has 160 valence electrons. The summed E-state index contributed by atoms with van der Waals surface area (Å²) < 4.78 is 5.24. The SMILES string of the molecule is Cc1c(O)ccc2c(CC(=O)N3CCC(C(=O)O)(c4ccccc4)CC3)cc(=O)oc12. The number of hydrogen-bond donors (Lipinski definition) is 2. The van der Waals surface area contributed by atoms with E-state index in [0.29, 0.717) is 42.4 Å². The minimum Gasteiger partial charge on any atom is -0.508 e. The van der Waals surface area contributed by atoms with Gasteiger partial charge in [-0.05, 0) is 43.0 Å². The van der Waals surface area contributed by atoms with E-state index in [1.807, 2.05) is 30.3 Å². The first kappa shape index (κ1) is 20.7. The van der Waals surface area contributed by atoms with Crippen molar-refractivity contribution in [1.82, 2.24) is 4.90 Å². The number of piperidine rings is 1. The molecule has 3 aromatic rings. The summed E-state index contributed by atoms with van der Waals surface area (Å²) in [5, 5.41) is 20.4. The number of rotatable bonds is 4. The van der Waals surface area contributed by atoms with Crippen molar-refractivity contribution < 1.29 is 24.2 Å². The highest BCUT2D eigenvalue weighted by Gasteiger charge is 2.43. The molecule has 4 rings (SSSR count). The lowest BCUT2D eigenvalue weighted by atomic mass is 9.73. The van der Waals surface area contributed by atoms with E-state index in [-0.39, 0.29) is 23.7 Å². The van der Waals surface area contributed by atoms with Gasteiger partial charge in [-0.25, -0.2) is 4.79 Å². The summed E-state index contributed by atoms with van der Waals surface area (Å²) in [6, 6.07) is 13.6. The number of carboxylic acid groups (broad SMARTS) is 1.